The predicted octanol–water partition coefficient (Wildman–Crippen LogP) is 8.64. The van der Waals surface area contributed by atoms with Crippen LogP contribution in [-0.2, 0) is 10.3 Å². The number of nitrogens with zero attached hydrogens (tertiary/aromatic N) is 2. The van der Waals surface area contributed by atoms with Crippen LogP contribution in [0.15, 0.2) is 91.1 Å². The highest BCUT2D eigenvalue weighted by atomic mass is 35.5. The quantitative estimate of drug-likeness (QED) is 0.261. The molecule has 0 amide bonds. The van der Waals surface area contributed by atoms with Crippen molar-refractivity contribution >= 4 is 56.5 Å². The van der Waals surface area contributed by atoms with Gasteiger partial charge in [-0.05, 0) is 59.5 Å². The summed E-state index contributed by atoms with van der Waals surface area (Å²) in [4.78, 5) is 6.10. The molecular formula is C30H25Cl2N3O. The van der Waals surface area contributed by atoms with Crippen molar-refractivity contribution in [2.75, 3.05) is 5.17 Å². The number of hydrogen-bond acceptors (Lipinski definition) is 3. The normalized spacial score (nSPS) is 13.7. The third-order valence-electron chi connectivity index (χ3n) is 6.57. The SMILES string of the molecule is CC(C)(C)c1ccc(C2=CNN(c3ccc(-n4c5cc(Cl)ccc5c5ccc(Cl)cc54)cc3)O2)cc1. The Balaban J connectivity index is 1.29. The van der Waals surface area contributed by atoms with Crippen molar-refractivity contribution in [2.24, 2.45) is 0 Å². The fraction of sp³-hybridized carbons (Fsp3) is 0.133. The highest BCUT2D eigenvalue weighted by molar-refractivity contribution is 6.32. The molecule has 0 atom stereocenters. The van der Waals surface area contributed by atoms with Crippen LogP contribution in [0, 0.1) is 0 Å². The Hall–Kier alpha value is -3.60. The first-order valence-electron chi connectivity index (χ1n) is 11.8. The Bertz CT molecular complexity index is 1570. The van der Waals surface area contributed by atoms with Crippen molar-refractivity contribution in [3.05, 3.63) is 112 Å². The zero-order chi connectivity index (χ0) is 25.0. The van der Waals surface area contributed by atoms with Gasteiger partial charge in [-0.2, -0.15) is 0 Å². The van der Waals surface area contributed by atoms with Crippen molar-refractivity contribution in [3.8, 4) is 5.69 Å². The smallest absolute Gasteiger partial charge is 0.182 e. The molecule has 1 aliphatic heterocycles. The van der Waals surface area contributed by atoms with Gasteiger partial charge in [0.2, 0.25) is 0 Å². The van der Waals surface area contributed by atoms with Crippen LogP contribution in [0.1, 0.15) is 31.9 Å². The molecular weight excluding hydrogens is 489 g/mol. The minimum Gasteiger partial charge on any atom is -0.357 e. The summed E-state index contributed by atoms with van der Waals surface area (Å²) in [6.45, 7) is 6.63. The van der Waals surface area contributed by atoms with E-state index in [-0.39, 0.29) is 5.41 Å². The second-order valence-corrected chi connectivity index (χ2v) is 10.9. The molecule has 5 aromatic rings. The Morgan fingerprint density at radius 3 is 1.81 bits per heavy atom. The first-order valence-corrected chi connectivity index (χ1v) is 12.6. The maximum atomic E-state index is 6.37. The molecule has 6 heteroatoms. The molecule has 0 saturated carbocycles. The average molecular weight is 514 g/mol. The van der Waals surface area contributed by atoms with Gasteiger partial charge >= 0.3 is 0 Å². The van der Waals surface area contributed by atoms with E-state index in [4.69, 9.17) is 28.0 Å². The Morgan fingerprint density at radius 2 is 1.25 bits per heavy atom. The van der Waals surface area contributed by atoms with E-state index in [1.54, 1.807) is 5.17 Å². The van der Waals surface area contributed by atoms with Crippen LogP contribution in [0.5, 0.6) is 0 Å². The van der Waals surface area contributed by atoms with Crippen LogP contribution in [-0.4, -0.2) is 4.57 Å². The number of hydrazine groups is 1. The van der Waals surface area contributed by atoms with Crippen LogP contribution < -0.4 is 10.6 Å². The van der Waals surface area contributed by atoms with Gasteiger partial charge in [0.1, 0.15) is 0 Å². The maximum absolute atomic E-state index is 6.37. The van der Waals surface area contributed by atoms with Crippen LogP contribution in [0.25, 0.3) is 33.3 Å². The van der Waals surface area contributed by atoms with Crippen molar-refractivity contribution in [1.82, 2.24) is 9.99 Å². The summed E-state index contributed by atoms with van der Waals surface area (Å²) < 4.78 is 2.19. The van der Waals surface area contributed by atoms with E-state index in [0.29, 0.717) is 10.0 Å². The predicted molar refractivity (Wildman–Crippen MR) is 151 cm³/mol. The summed E-state index contributed by atoms with van der Waals surface area (Å²) in [6, 6.07) is 28.6. The van der Waals surface area contributed by atoms with Crippen molar-refractivity contribution < 1.29 is 4.84 Å². The highest BCUT2D eigenvalue weighted by Gasteiger charge is 2.20. The van der Waals surface area contributed by atoms with Crippen molar-refractivity contribution in [2.45, 2.75) is 26.2 Å². The van der Waals surface area contributed by atoms with Crippen molar-refractivity contribution in [1.29, 1.82) is 0 Å². The molecule has 0 radical (unpaired) electrons. The number of benzene rings is 4. The minimum absolute atomic E-state index is 0.114. The lowest BCUT2D eigenvalue weighted by atomic mass is 9.86. The van der Waals surface area contributed by atoms with Gasteiger partial charge in [-0.25, -0.2) is 0 Å². The van der Waals surface area contributed by atoms with Gasteiger partial charge < -0.3 is 9.40 Å². The summed E-state index contributed by atoms with van der Waals surface area (Å²) in [5.41, 5.74) is 9.58. The van der Waals surface area contributed by atoms with Crippen LogP contribution in [0.3, 0.4) is 0 Å². The lowest BCUT2D eigenvalue weighted by molar-refractivity contribution is 0.243. The molecule has 0 fully saturated rings. The molecule has 0 spiro atoms. The second kappa shape index (κ2) is 8.51. The van der Waals surface area contributed by atoms with Crippen LogP contribution in [0.2, 0.25) is 10.0 Å². The molecule has 1 N–H and O–H groups in total. The summed E-state index contributed by atoms with van der Waals surface area (Å²) in [5, 5.41) is 5.31. The molecule has 0 bridgehead atoms. The zero-order valence-corrected chi connectivity index (χ0v) is 21.7. The number of hydrogen-bond donors (Lipinski definition) is 1. The molecule has 1 aliphatic rings. The molecule has 6 rings (SSSR count). The number of rotatable bonds is 3. The lowest BCUT2D eigenvalue weighted by Gasteiger charge is -2.20. The lowest BCUT2D eigenvalue weighted by Crippen LogP contribution is -2.28. The molecule has 0 unspecified atom stereocenters. The molecule has 0 saturated heterocycles. The number of halogens is 2. The minimum atomic E-state index is 0.114. The van der Waals surface area contributed by atoms with Gasteiger partial charge in [0.05, 0.1) is 22.9 Å². The largest absolute Gasteiger partial charge is 0.357 e. The Morgan fingerprint density at radius 1 is 0.694 bits per heavy atom. The molecule has 36 heavy (non-hydrogen) atoms. The van der Waals surface area contributed by atoms with Gasteiger partial charge in [0.15, 0.2) is 5.76 Å². The molecule has 0 aliphatic carbocycles. The topological polar surface area (TPSA) is 29.4 Å². The monoisotopic (exact) mass is 513 g/mol. The van der Waals surface area contributed by atoms with Gasteiger partial charge in [-0.3, -0.25) is 5.43 Å². The summed E-state index contributed by atoms with van der Waals surface area (Å²) >= 11 is 12.7. The molecule has 4 aromatic carbocycles. The van der Waals surface area contributed by atoms with E-state index in [1.165, 1.54) is 5.56 Å². The van der Waals surface area contributed by atoms with Crippen molar-refractivity contribution in [3.63, 3.8) is 0 Å². The summed E-state index contributed by atoms with van der Waals surface area (Å²) in [6.07, 6.45) is 1.87. The van der Waals surface area contributed by atoms with Gasteiger partial charge in [-0.1, -0.05) is 80.4 Å². The Labute approximate surface area is 220 Å². The zero-order valence-electron chi connectivity index (χ0n) is 20.2. The van der Waals surface area contributed by atoms with E-state index >= 15 is 0 Å². The van der Waals surface area contributed by atoms with E-state index < -0.39 is 0 Å². The van der Waals surface area contributed by atoms with Gasteiger partial charge in [0.25, 0.3) is 0 Å². The first kappa shape index (κ1) is 22.8. The number of nitrogens with one attached hydrogen (secondary N) is 1. The van der Waals surface area contributed by atoms with Crippen LogP contribution in [0.4, 0.5) is 5.69 Å². The van der Waals surface area contributed by atoms with Gasteiger partial charge in [-0.15, -0.1) is 5.17 Å². The highest BCUT2D eigenvalue weighted by Crippen LogP contribution is 2.36. The third kappa shape index (κ3) is 3.97. The maximum Gasteiger partial charge on any atom is 0.182 e. The number of anilines is 1. The van der Waals surface area contributed by atoms with Gasteiger partial charge in [0, 0.05) is 32.1 Å². The third-order valence-corrected chi connectivity index (χ3v) is 7.04. The summed E-state index contributed by atoms with van der Waals surface area (Å²) in [7, 11) is 0. The van der Waals surface area contributed by atoms with E-state index in [1.807, 2.05) is 42.6 Å². The molecule has 4 nitrogen and oxygen atoms in total. The number of fused-ring (bicyclic) bond motifs is 3. The number of aromatic nitrogens is 1. The molecule has 180 valence electrons. The average Bonchev–Trinajstić information content (AvgIpc) is 3.46. The standard InChI is InChI=1S/C30H25Cl2N3O/c1-30(2,3)20-6-4-19(5-7-20)29-18-33-35(36-29)24-12-10-23(11-13-24)34-27-16-21(31)8-14-25(27)26-15-9-22(32)17-28(26)34/h4-18,33H,1-3H3. The fourth-order valence-electron chi connectivity index (χ4n) is 4.65. The van der Waals surface area contributed by atoms with E-state index in [2.05, 4.69) is 79.3 Å². The fourth-order valence-corrected chi connectivity index (χ4v) is 4.98. The van der Waals surface area contributed by atoms with E-state index in [0.717, 1.165) is 44.5 Å². The van der Waals surface area contributed by atoms with E-state index in [9.17, 15) is 0 Å². The molecule has 1 aromatic heterocycles. The second-order valence-electron chi connectivity index (χ2n) is 10.0. The van der Waals surface area contributed by atoms with Crippen LogP contribution >= 0.6 is 23.2 Å². The Kier molecular flexibility index (Phi) is 5.40. The first-order chi connectivity index (χ1) is 17.3. The summed E-state index contributed by atoms with van der Waals surface area (Å²) in [5.74, 6) is 0.770. The molecule has 2 heterocycles.